The van der Waals surface area contributed by atoms with Crippen LogP contribution < -0.4 is 4.74 Å². The van der Waals surface area contributed by atoms with Crippen LogP contribution in [0.15, 0.2) is 24.3 Å². The Balaban J connectivity index is 1.41. The van der Waals surface area contributed by atoms with Gasteiger partial charge in [0, 0.05) is 25.2 Å². The van der Waals surface area contributed by atoms with Crippen molar-refractivity contribution in [1.82, 2.24) is 9.80 Å². The molecule has 4 nitrogen and oxygen atoms in total. The van der Waals surface area contributed by atoms with Gasteiger partial charge in [0.2, 0.25) is 0 Å². The summed E-state index contributed by atoms with van der Waals surface area (Å²) in [5, 5.41) is 0. The van der Waals surface area contributed by atoms with Gasteiger partial charge in [0.25, 0.3) is 0 Å². The van der Waals surface area contributed by atoms with E-state index in [1.165, 1.54) is 18.6 Å². The molecule has 27 heavy (non-hydrogen) atoms. The van der Waals surface area contributed by atoms with Gasteiger partial charge in [-0.3, -0.25) is 0 Å². The van der Waals surface area contributed by atoms with Crippen molar-refractivity contribution in [3.63, 3.8) is 0 Å². The van der Waals surface area contributed by atoms with Crippen molar-refractivity contribution >= 4 is 6.03 Å². The molecule has 0 unspecified atom stereocenters. The number of carbonyl (C=O) groups excluding carboxylic acids is 1. The Hall–Kier alpha value is -1.92. The van der Waals surface area contributed by atoms with Gasteiger partial charge in [0.05, 0.1) is 0 Å². The molecule has 0 spiro atoms. The topological polar surface area (TPSA) is 32.8 Å². The van der Waals surface area contributed by atoms with Crippen LogP contribution >= 0.6 is 0 Å². The summed E-state index contributed by atoms with van der Waals surface area (Å²) in [6.45, 7) is 1.72. The first-order valence-corrected chi connectivity index (χ1v) is 9.83. The van der Waals surface area contributed by atoms with E-state index in [0.29, 0.717) is 0 Å². The van der Waals surface area contributed by atoms with E-state index in [4.69, 9.17) is 0 Å². The van der Waals surface area contributed by atoms with Gasteiger partial charge in [-0.25, -0.2) is 4.79 Å². The smallest absolute Gasteiger partial charge is 0.406 e. The average molecular weight is 382 g/mol. The molecule has 3 aliphatic rings. The molecule has 3 aliphatic heterocycles. The minimum atomic E-state index is -4.67. The Morgan fingerprint density at radius 3 is 2.11 bits per heavy atom. The highest BCUT2D eigenvalue weighted by Gasteiger charge is 2.44. The normalized spacial score (nSPS) is 28.3. The molecule has 2 atom stereocenters. The molecule has 0 radical (unpaired) electrons. The van der Waals surface area contributed by atoms with Gasteiger partial charge < -0.3 is 14.5 Å². The summed E-state index contributed by atoms with van der Waals surface area (Å²) in [7, 11) is 0. The van der Waals surface area contributed by atoms with Crippen molar-refractivity contribution in [2.75, 3.05) is 13.1 Å². The van der Waals surface area contributed by atoms with Crippen molar-refractivity contribution in [3.05, 3.63) is 29.8 Å². The number of alkyl halides is 3. The van der Waals surface area contributed by atoms with E-state index >= 15 is 0 Å². The highest BCUT2D eigenvalue weighted by atomic mass is 19.4. The lowest BCUT2D eigenvalue weighted by atomic mass is 9.85. The second kappa shape index (κ2) is 7.24. The molecule has 1 aromatic rings. The number of hydrogen-bond acceptors (Lipinski definition) is 2. The summed E-state index contributed by atoms with van der Waals surface area (Å²) in [6, 6.07) is 6.91. The standard InChI is InChI=1S/C20H25F3N2O2/c21-20(22,23)27-18-8-4-14(5-9-18)15-12-16-6-7-17(13-15)25(16)19(26)24-10-2-1-3-11-24/h4-5,8-9,15-17H,1-3,6-7,10-13H2/t16-,17-/m1/s1. The Kier molecular flexibility index (Phi) is 4.95. The number of rotatable bonds is 2. The average Bonchev–Trinajstić information content (AvgIpc) is 2.90. The molecule has 0 saturated carbocycles. The predicted molar refractivity (Wildman–Crippen MR) is 94.6 cm³/mol. The Bertz CT molecular complexity index is 657. The van der Waals surface area contributed by atoms with Gasteiger partial charge in [-0.15, -0.1) is 13.2 Å². The van der Waals surface area contributed by atoms with E-state index in [-0.39, 0.29) is 29.8 Å². The molecule has 7 heteroatoms. The van der Waals surface area contributed by atoms with Crippen LogP contribution in [0.25, 0.3) is 0 Å². The van der Waals surface area contributed by atoms with Crippen molar-refractivity contribution in [2.45, 2.75) is 69.3 Å². The van der Waals surface area contributed by atoms with E-state index in [1.54, 1.807) is 12.1 Å². The predicted octanol–water partition coefficient (Wildman–Crippen LogP) is 4.90. The molecular weight excluding hydrogens is 357 g/mol. The molecule has 1 aromatic carbocycles. The number of carbonyl (C=O) groups is 1. The maximum atomic E-state index is 13.0. The number of fused-ring (bicyclic) bond motifs is 2. The molecule has 0 aliphatic carbocycles. The lowest BCUT2D eigenvalue weighted by Gasteiger charge is -2.42. The summed E-state index contributed by atoms with van der Waals surface area (Å²) < 4.78 is 40.9. The third-order valence-corrected chi connectivity index (χ3v) is 6.17. The van der Waals surface area contributed by atoms with E-state index in [9.17, 15) is 18.0 Å². The zero-order chi connectivity index (χ0) is 19.0. The molecule has 4 rings (SSSR count). The Labute approximate surface area is 157 Å². The quantitative estimate of drug-likeness (QED) is 0.729. The van der Waals surface area contributed by atoms with Gasteiger partial charge in [-0.05, 0) is 68.6 Å². The van der Waals surface area contributed by atoms with Crippen LogP contribution in [0.1, 0.15) is 56.4 Å². The summed E-state index contributed by atoms with van der Waals surface area (Å²) in [5.74, 6) is 0.0970. The fourth-order valence-corrected chi connectivity index (χ4v) is 4.95. The van der Waals surface area contributed by atoms with Gasteiger partial charge >= 0.3 is 12.4 Å². The fourth-order valence-electron chi connectivity index (χ4n) is 4.95. The third kappa shape index (κ3) is 4.01. The molecule has 148 valence electrons. The third-order valence-electron chi connectivity index (χ3n) is 6.17. The molecule has 0 N–H and O–H groups in total. The highest BCUT2D eigenvalue weighted by Crippen LogP contribution is 2.44. The first-order chi connectivity index (χ1) is 12.9. The molecule has 2 amide bonds. The van der Waals surface area contributed by atoms with E-state index in [2.05, 4.69) is 9.64 Å². The fraction of sp³-hybridized carbons (Fsp3) is 0.650. The molecule has 2 bridgehead atoms. The number of likely N-dealkylation sites (tertiary alicyclic amines) is 1. The second-order valence-corrected chi connectivity index (χ2v) is 7.91. The van der Waals surface area contributed by atoms with E-state index in [0.717, 1.165) is 57.2 Å². The Morgan fingerprint density at radius 1 is 0.963 bits per heavy atom. The van der Waals surface area contributed by atoms with Crippen molar-refractivity contribution in [2.24, 2.45) is 0 Å². The lowest BCUT2D eigenvalue weighted by molar-refractivity contribution is -0.274. The summed E-state index contributed by atoms with van der Waals surface area (Å²) >= 11 is 0. The van der Waals surface area contributed by atoms with Crippen LogP contribution in [-0.4, -0.2) is 47.4 Å². The number of halogens is 3. The van der Waals surface area contributed by atoms with Gasteiger partial charge in [-0.1, -0.05) is 12.1 Å². The number of urea groups is 1. The van der Waals surface area contributed by atoms with Gasteiger partial charge in [0.15, 0.2) is 0 Å². The zero-order valence-electron chi connectivity index (χ0n) is 15.3. The van der Waals surface area contributed by atoms with Crippen LogP contribution in [0.3, 0.4) is 0 Å². The van der Waals surface area contributed by atoms with E-state index < -0.39 is 6.36 Å². The number of benzene rings is 1. The van der Waals surface area contributed by atoms with Crippen molar-refractivity contribution in [3.8, 4) is 5.75 Å². The largest absolute Gasteiger partial charge is 0.573 e. The molecular formula is C20H25F3N2O2. The molecule has 0 aromatic heterocycles. The Morgan fingerprint density at radius 2 is 1.56 bits per heavy atom. The monoisotopic (exact) mass is 382 g/mol. The first-order valence-electron chi connectivity index (χ1n) is 9.83. The van der Waals surface area contributed by atoms with Crippen molar-refractivity contribution in [1.29, 1.82) is 0 Å². The van der Waals surface area contributed by atoms with Crippen LogP contribution in [0.5, 0.6) is 5.75 Å². The van der Waals surface area contributed by atoms with Crippen LogP contribution in [0.4, 0.5) is 18.0 Å². The maximum Gasteiger partial charge on any atom is 0.573 e. The molecule has 3 fully saturated rings. The number of ether oxygens (including phenoxy) is 1. The second-order valence-electron chi connectivity index (χ2n) is 7.91. The van der Waals surface area contributed by atoms with Gasteiger partial charge in [-0.2, -0.15) is 0 Å². The molecule has 3 saturated heterocycles. The summed E-state index contributed by atoms with van der Waals surface area (Å²) in [5.41, 5.74) is 1.03. The minimum absolute atomic E-state index is 0.188. The molecule has 3 heterocycles. The number of piperidine rings is 2. The SMILES string of the molecule is O=C(N1CCCCC1)N1[C@@H]2CC[C@@H]1CC(c1ccc(OC(F)(F)F)cc1)C2. The summed E-state index contributed by atoms with van der Waals surface area (Å²) in [6.07, 6.45) is 2.53. The number of hydrogen-bond donors (Lipinski definition) is 0. The number of amides is 2. The minimum Gasteiger partial charge on any atom is -0.406 e. The van der Waals surface area contributed by atoms with Crippen molar-refractivity contribution < 1.29 is 22.7 Å². The first kappa shape index (κ1) is 18.4. The van der Waals surface area contributed by atoms with Crippen LogP contribution in [-0.2, 0) is 0 Å². The summed E-state index contributed by atoms with van der Waals surface area (Å²) in [4.78, 5) is 17.1. The lowest BCUT2D eigenvalue weighted by Crippen LogP contribution is -2.53. The maximum absolute atomic E-state index is 13.0. The highest BCUT2D eigenvalue weighted by molar-refractivity contribution is 5.76. The van der Waals surface area contributed by atoms with Crippen LogP contribution in [0.2, 0.25) is 0 Å². The van der Waals surface area contributed by atoms with Crippen LogP contribution in [0, 0.1) is 0 Å². The van der Waals surface area contributed by atoms with Gasteiger partial charge in [0.1, 0.15) is 5.75 Å². The van der Waals surface area contributed by atoms with E-state index in [1.807, 2.05) is 4.90 Å². The number of nitrogens with zero attached hydrogens (tertiary/aromatic N) is 2. The zero-order valence-corrected chi connectivity index (χ0v) is 15.3.